The molecule has 1 saturated heterocycles. The van der Waals surface area contributed by atoms with Crippen molar-refractivity contribution >= 4 is 24.0 Å². The van der Waals surface area contributed by atoms with Crippen LogP contribution < -0.4 is 24.8 Å². The molecule has 0 saturated carbocycles. The molecule has 2 atom stereocenters. The van der Waals surface area contributed by atoms with Gasteiger partial charge in [0, 0.05) is 29.2 Å². The molecule has 0 radical (unpaired) electrons. The second-order valence-corrected chi connectivity index (χ2v) is 7.79. The number of para-hydroxylation sites is 1. The Balaban J connectivity index is 0.00000160. The number of methoxy groups -OCH3 is 1. The van der Waals surface area contributed by atoms with E-state index in [9.17, 15) is 0 Å². The molecule has 166 valence electrons. The zero-order valence-electron chi connectivity index (χ0n) is 17.0. The zero-order chi connectivity index (χ0) is 19.3. The van der Waals surface area contributed by atoms with Crippen LogP contribution in [0.15, 0.2) is 42.5 Å². The van der Waals surface area contributed by atoms with Gasteiger partial charge < -0.3 is 30.3 Å². The van der Waals surface area contributed by atoms with Gasteiger partial charge in [0.15, 0.2) is 11.5 Å². The average Bonchev–Trinajstić information content (AvgIpc) is 2.75. The summed E-state index contributed by atoms with van der Waals surface area (Å²) < 4.78 is 17.6. The van der Waals surface area contributed by atoms with Gasteiger partial charge in [-0.2, -0.15) is 0 Å². The van der Waals surface area contributed by atoms with Crippen molar-refractivity contribution < 1.29 is 19.7 Å². The summed E-state index contributed by atoms with van der Waals surface area (Å²) >= 11 is 6.03. The van der Waals surface area contributed by atoms with E-state index in [2.05, 4.69) is 22.8 Å². The maximum atomic E-state index is 6.13. The van der Waals surface area contributed by atoms with Crippen molar-refractivity contribution in [1.82, 2.24) is 10.6 Å². The quantitative estimate of drug-likeness (QED) is 0.695. The second-order valence-electron chi connectivity index (χ2n) is 7.36. The molecule has 30 heavy (non-hydrogen) atoms. The van der Waals surface area contributed by atoms with Crippen LogP contribution in [0.1, 0.15) is 24.4 Å². The molecule has 2 aromatic carbocycles. The molecule has 8 heteroatoms. The van der Waals surface area contributed by atoms with E-state index in [0.29, 0.717) is 29.8 Å². The molecular formula is C22H30Cl2N2O4. The molecule has 2 unspecified atom stereocenters. The Kier molecular flexibility index (Phi) is 9.52. The number of rotatable bonds is 6. The third-order valence-corrected chi connectivity index (χ3v) is 5.75. The van der Waals surface area contributed by atoms with Crippen LogP contribution in [0.5, 0.6) is 17.2 Å². The fourth-order valence-electron chi connectivity index (χ4n) is 4.08. The van der Waals surface area contributed by atoms with Gasteiger partial charge in [-0.05, 0) is 50.0 Å². The Hall–Kier alpha value is -1.70. The van der Waals surface area contributed by atoms with Gasteiger partial charge in [-0.25, -0.2) is 0 Å². The van der Waals surface area contributed by atoms with E-state index in [4.69, 9.17) is 25.8 Å². The highest BCUT2D eigenvalue weighted by molar-refractivity contribution is 6.30. The van der Waals surface area contributed by atoms with Crippen molar-refractivity contribution in [2.45, 2.75) is 25.0 Å². The van der Waals surface area contributed by atoms with Crippen LogP contribution >= 0.6 is 24.0 Å². The van der Waals surface area contributed by atoms with Gasteiger partial charge in [0.25, 0.3) is 0 Å². The first-order chi connectivity index (χ1) is 13.7. The molecule has 0 aliphatic carbocycles. The van der Waals surface area contributed by atoms with Gasteiger partial charge in [-0.15, -0.1) is 12.4 Å². The molecule has 0 bridgehead atoms. The highest BCUT2D eigenvalue weighted by Gasteiger charge is 2.29. The van der Waals surface area contributed by atoms with E-state index in [-0.39, 0.29) is 30.0 Å². The monoisotopic (exact) mass is 456 g/mol. The number of hydrogen-bond acceptors (Lipinski definition) is 5. The summed E-state index contributed by atoms with van der Waals surface area (Å²) in [6.45, 7) is 3.31. The van der Waals surface area contributed by atoms with Gasteiger partial charge in [-0.3, -0.25) is 0 Å². The predicted molar refractivity (Wildman–Crippen MR) is 122 cm³/mol. The number of fused-ring (bicyclic) bond motifs is 1. The highest BCUT2D eigenvalue weighted by Crippen LogP contribution is 2.36. The van der Waals surface area contributed by atoms with Crippen molar-refractivity contribution in [2.24, 2.45) is 5.92 Å². The first-order valence-electron chi connectivity index (χ1n) is 9.90. The fraction of sp³-hybridized carbons (Fsp3) is 0.455. The third-order valence-electron chi connectivity index (χ3n) is 5.52. The molecule has 0 amide bonds. The number of ether oxygens (including phenoxy) is 3. The molecule has 6 nitrogen and oxygen atoms in total. The summed E-state index contributed by atoms with van der Waals surface area (Å²) in [4.78, 5) is 0. The number of piperidine rings is 1. The summed E-state index contributed by atoms with van der Waals surface area (Å²) in [6.07, 6.45) is 2.23. The summed E-state index contributed by atoms with van der Waals surface area (Å²) in [5.74, 6) is 2.94. The molecule has 1 fully saturated rings. The maximum Gasteiger partial charge on any atom is 0.162 e. The maximum absolute atomic E-state index is 6.13. The Bertz CT molecular complexity index is 802. The van der Waals surface area contributed by atoms with Crippen LogP contribution in [0.25, 0.3) is 0 Å². The van der Waals surface area contributed by atoms with E-state index in [1.165, 1.54) is 5.56 Å². The molecule has 0 aromatic heterocycles. The van der Waals surface area contributed by atoms with Crippen LogP contribution in [0, 0.1) is 5.92 Å². The molecule has 2 aliphatic rings. The normalized spacial score (nSPS) is 19.2. The minimum atomic E-state index is -0.0485. The van der Waals surface area contributed by atoms with Crippen molar-refractivity contribution in [3.8, 4) is 17.2 Å². The van der Waals surface area contributed by atoms with Crippen LogP contribution in [-0.2, 0) is 0 Å². The van der Waals surface area contributed by atoms with E-state index in [0.717, 1.165) is 37.4 Å². The minimum Gasteiger partial charge on any atom is -0.496 e. The van der Waals surface area contributed by atoms with Gasteiger partial charge >= 0.3 is 0 Å². The average molecular weight is 457 g/mol. The lowest BCUT2D eigenvalue weighted by atomic mass is 9.85. The predicted octanol–water partition coefficient (Wildman–Crippen LogP) is 3.42. The van der Waals surface area contributed by atoms with E-state index >= 15 is 0 Å². The molecular weight excluding hydrogens is 427 g/mol. The molecule has 2 aliphatic heterocycles. The standard InChI is InChI=1S/C22H27ClN2O3.ClH.H2O/c1-26-19-5-3-2-4-18(19)22(15-8-10-24-11-9-15)25-13-17-14-27-21-12-16(23)6-7-20(21)28-17;;/h2-7,12,15,17,22,24-25H,8-11,13-14H2,1H3;1H;1H2. The number of benzene rings is 2. The zero-order valence-corrected chi connectivity index (χ0v) is 18.6. The Morgan fingerprint density at radius 2 is 1.93 bits per heavy atom. The summed E-state index contributed by atoms with van der Waals surface area (Å²) in [5.41, 5.74) is 1.21. The number of halogens is 2. The van der Waals surface area contributed by atoms with E-state index in [1.54, 1.807) is 13.2 Å². The molecule has 4 N–H and O–H groups in total. The van der Waals surface area contributed by atoms with Gasteiger partial charge in [0.05, 0.1) is 7.11 Å². The molecule has 4 rings (SSSR count). The Morgan fingerprint density at radius 1 is 1.17 bits per heavy atom. The van der Waals surface area contributed by atoms with Crippen molar-refractivity contribution in [2.75, 3.05) is 33.4 Å². The van der Waals surface area contributed by atoms with E-state index in [1.807, 2.05) is 24.3 Å². The number of nitrogens with one attached hydrogen (secondary N) is 2. The van der Waals surface area contributed by atoms with E-state index < -0.39 is 0 Å². The first kappa shape index (κ1) is 24.6. The smallest absolute Gasteiger partial charge is 0.162 e. The van der Waals surface area contributed by atoms with Crippen LogP contribution in [0.3, 0.4) is 0 Å². The summed E-state index contributed by atoms with van der Waals surface area (Å²) in [5, 5.41) is 7.86. The van der Waals surface area contributed by atoms with Crippen LogP contribution in [-0.4, -0.2) is 44.9 Å². The summed E-state index contributed by atoms with van der Waals surface area (Å²) in [7, 11) is 1.73. The van der Waals surface area contributed by atoms with Crippen LogP contribution in [0.4, 0.5) is 0 Å². The number of hydrogen-bond donors (Lipinski definition) is 2. The Labute approximate surface area is 189 Å². The molecule has 2 heterocycles. The fourth-order valence-corrected chi connectivity index (χ4v) is 4.24. The largest absolute Gasteiger partial charge is 0.496 e. The van der Waals surface area contributed by atoms with Gasteiger partial charge in [-0.1, -0.05) is 29.8 Å². The lowest BCUT2D eigenvalue weighted by Crippen LogP contribution is -2.43. The minimum absolute atomic E-state index is 0. The highest BCUT2D eigenvalue weighted by atomic mass is 35.5. The first-order valence-corrected chi connectivity index (χ1v) is 10.3. The second kappa shape index (κ2) is 11.6. The summed E-state index contributed by atoms with van der Waals surface area (Å²) in [6, 6.07) is 14.0. The lowest BCUT2D eigenvalue weighted by molar-refractivity contribution is 0.0849. The van der Waals surface area contributed by atoms with Crippen molar-refractivity contribution in [3.05, 3.63) is 53.1 Å². The van der Waals surface area contributed by atoms with Crippen LogP contribution in [0.2, 0.25) is 5.02 Å². The lowest BCUT2D eigenvalue weighted by Gasteiger charge is -2.34. The topological polar surface area (TPSA) is 83.2 Å². The SMILES string of the molecule is COc1ccccc1C(NCC1COc2cc(Cl)ccc2O1)C1CCNCC1.Cl.O. The van der Waals surface area contributed by atoms with Crippen molar-refractivity contribution in [3.63, 3.8) is 0 Å². The van der Waals surface area contributed by atoms with Crippen molar-refractivity contribution in [1.29, 1.82) is 0 Å². The molecule has 2 aromatic rings. The van der Waals surface area contributed by atoms with Gasteiger partial charge in [0.1, 0.15) is 18.5 Å². The Morgan fingerprint density at radius 3 is 2.70 bits per heavy atom. The molecule has 0 spiro atoms. The third kappa shape index (κ3) is 5.71. The van der Waals surface area contributed by atoms with Gasteiger partial charge in [0.2, 0.25) is 0 Å².